The second kappa shape index (κ2) is 6.91. The zero-order valence-electron chi connectivity index (χ0n) is 11.1. The van der Waals surface area contributed by atoms with Crippen LogP contribution in [0.5, 0.6) is 0 Å². The van der Waals surface area contributed by atoms with E-state index in [2.05, 4.69) is 26.2 Å². The number of halogens is 2. The number of hydrogen-bond acceptors (Lipinski definition) is 4. The van der Waals surface area contributed by atoms with Gasteiger partial charge in [0, 0.05) is 16.4 Å². The zero-order valence-corrected chi connectivity index (χ0v) is 13.5. The molecule has 0 aliphatic rings. The van der Waals surface area contributed by atoms with Gasteiger partial charge in [-0.1, -0.05) is 11.8 Å². The monoisotopic (exact) mass is 369 g/mol. The van der Waals surface area contributed by atoms with E-state index in [9.17, 15) is 9.18 Å². The Morgan fingerprint density at radius 2 is 2.24 bits per heavy atom. The van der Waals surface area contributed by atoms with Crippen molar-refractivity contribution in [1.82, 2.24) is 4.98 Å². The highest BCUT2D eigenvalue weighted by Crippen LogP contribution is 2.29. The minimum absolute atomic E-state index is 0.0764. The Balaban J connectivity index is 2.06. The van der Waals surface area contributed by atoms with Gasteiger partial charge < -0.3 is 11.1 Å². The van der Waals surface area contributed by atoms with E-state index < -0.39 is 11.1 Å². The van der Waals surface area contributed by atoms with Gasteiger partial charge >= 0.3 is 0 Å². The SMILES string of the molecule is CC(Sc1ncccc1Br)C(=O)Nc1cc(N)ccc1F. The van der Waals surface area contributed by atoms with Gasteiger partial charge in [-0.25, -0.2) is 9.37 Å². The zero-order chi connectivity index (χ0) is 15.4. The number of nitrogen functional groups attached to an aromatic ring is 1. The van der Waals surface area contributed by atoms with Crippen LogP contribution in [0.1, 0.15) is 6.92 Å². The second-order valence-corrected chi connectivity index (χ2v) is 6.46. The van der Waals surface area contributed by atoms with Crippen LogP contribution in [0.2, 0.25) is 0 Å². The summed E-state index contributed by atoms with van der Waals surface area (Å²) in [6.45, 7) is 1.73. The lowest BCUT2D eigenvalue weighted by Gasteiger charge is -2.13. The quantitative estimate of drug-likeness (QED) is 0.636. The van der Waals surface area contributed by atoms with Gasteiger partial charge in [0.25, 0.3) is 0 Å². The summed E-state index contributed by atoms with van der Waals surface area (Å²) in [4.78, 5) is 16.3. The third-order valence-electron chi connectivity index (χ3n) is 2.63. The number of carbonyl (C=O) groups excluding carboxylic acids is 1. The average Bonchev–Trinajstić information content (AvgIpc) is 2.45. The highest BCUT2D eigenvalue weighted by Gasteiger charge is 2.18. The third kappa shape index (κ3) is 4.18. The fourth-order valence-corrected chi connectivity index (χ4v) is 2.89. The molecule has 1 aromatic heterocycles. The van der Waals surface area contributed by atoms with E-state index >= 15 is 0 Å². The van der Waals surface area contributed by atoms with Gasteiger partial charge in [-0.3, -0.25) is 4.79 Å². The summed E-state index contributed by atoms with van der Waals surface area (Å²) < 4.78 is 14.4. The molecule has 0 bridgehead atoms. The number of pyridine rings is 1. The first-order chi connectivity index (χ1) is 9.97. The van der Waals surface area contributed by atoms with Crippen LogP contribution in [-0.4, -0.2) is 16.1 Å². The maximum Gasteiger partial charge on any atom is 0.237 e. The number of rotatable bonds is 4. The second-order valence-electron chi connectivity index (χ2n) is 4.28. The van der Waals surface area contributed by atoms with Crippen LogP contribution in [0.15, 0.2) is 46.0 Å². The minimum atomic E-state index is -0.520. The summed E-state index contributed by atoms with van der Waals surface area (Å²) in [5.74, 6) is -0.837. The minimum Gasteiger partial charge on any atom is -0.399 e. The fourth-order valence-electron chi connectivity index (χ4n) is 1.55. The lowest BCUT2D eigenvalue weighted by atomic mass is 10.2. The number of amides is 1. The summed E-state index contributed by atoms with van der Waals surface area (Å²) in [6.07, 6.45) is 1.65. The van der Waals surface area contributed by atoms with Crippen molar-refractivity contribution in [3.63, 3.8) is 0 Å². The van der Waals surface area contributed by atoms with Crippen molar-refractivity contribution in [2.24, 2.45) is 0 Å². The lowest BCUT2D eigenvalue weighted by molar-refractivity contribution is -0.115. The van der Waals surface area contributed by atoms with Crippen LogP contribution >= 0.6 is 27.7 Å². The molecule has 1 aromatic carbocycles. The number of benzene rings is 1. The van der Waals surface area contributed by atoms with Crippen LogP contribution in [0.4, 0.5) is 15.8 Å². The molecule has 110 valence electrons. The van der Waals surface area contributed by atoms with E-state index in [4.69, 9.17) is 5.73 Å². The molecule has 0 radical (unpaired) electrons. The number of carbonyl (C=O) groups is 1. The standard InChI is InChI=1S/C14H13BrFN3OS/c1-8(21-14-10(15)3-2-6-18-14)13(20)19-12-7-9(17)4-5-11(12)16/h2-8H,17H2,1H3,(H,19,20). The summed E-state index contributed by atoms with van der Waals surface area (Å²) >= 11 is 4.65. The van der Waals surface area contributed by atoms with E-state index in [0.29, 0.717) is 10.7 Å². The molecule has 0 fully saturated rings. The normalized spacial score (nSPS) is 12.0. The van der Waals surface area contributed by atoms with Crippen LogP contribution in [0.3, 0.4) is 0 Å². The Morgan fingerprint density at radius 1 is 1.48 bits per heavy atom. The molecule has 0 saturated heterocycles. The topological polar surface area (TPSA) is 68.0 Å². The van der Waals surface area contributed by atoms with Crippen molar-refractivity contribution < 1.29 is 9.18 Å². The predicted octanol–water partition coefficient (Wildman–Crippen LogP) is 3.68. The van der Waals surface area contributed by atoms with Crippen LogP contribution in [0, 0.1) is 5.82 Å². The van der Waals surface area contributed by atoms with Crippen molar-refractivity contribution in [3.8, 4) is 0 Å². The molecule has 3 N–H and O–H groups in total. The molecule has 1 amide bonds. The first kappa shape index (κ1) is 15.8. The van der Waals surface area contributed by atoms with Crippen molar-refractivity contribution in [2.45, 2.75) is 17.2 Å². The third-order valence-corrected chi connectivity index (χ3v) is 4.65. The number of nitrogens with one attached hydrogen (secondary N) is 1. The molecule has 1 heterocycles. The number of nitrogens with zero attached hydrogens (tertiary/aromatic N) is 1. The molecular formula is C14H13BrFN3OS. The maximum atomic E-state index is 13.6. The van der Waals surface area contributed by atoms with Gasteiger partial charge in [0.2, 0.25) is 5.91 Å². The average molecular weight is 370 g/mol. The molecule has 0 aliphatic carbocycles. The number of nitrogens with two attached hydrogens (primary N) is 1. The number of thioether (sulfide) groups is 1. The molecule has 7 heteroatoms. The van der Waals surface area contributed by atoms with E-state index in [1.165, 1.54) is 30.0 Å². The number of aromatic nitrogens is 1. The Labute approximate surface area is 134 Å². The van der Waals surface area contributed by atoms with Crippen molar-refractivity contribution >= 4 is 45.0 Å². The Bertz CT molecular complexity index is 668. The van der Waals surface area contributed by atoms with Crippen LogP contribution < -0.4 is 11.1 Å². The van der Waals surface area contributed by atoms with Gasteiger partial charge in [-0.15, -0.1) is 0 Å². The predicted molar refractivity (Wildman–Crippen MR) is 86.7 cm³/mol. The fraction of sp³-hybridized carbons (Fsp3) is 0.143. The summed E-state index contributed by atoms with van der Waals surface area (Å²) in [5, 5.41) is 2.80. The van der Waals surface area contributed by atoms with Gasteiger partial charge in [-0.05, 0) is 53.2 Å². The summed E-state index contributed by atoms with van der Waals surface area (Å²) in [7, 11) is 0. The molecule has 1 unspecified atom stereocenters. The maximum absolute atomic E-state index is 13.6. The summed E-state index contributed by atoms with van der Waals surface area (Å²) in [5.41, 5.74) is 6.05. The summed E-state index contributed by atoms with van der Waals surface area (Å²) in [6, 6.07) is 7.69. The smallest absolute Gasteiger partial charge is 0.237 e. The van der Waals surface area contributed by atoms with E-state index in [1.54, 1.807) is 19.2 Å². The number of anilines is 2. The lowest BCUT2D eigenvalue weighted by Crippen LogP contribution is -2.23. The molecule has 0 aliphatic heterocycles. The van der Waals surface area contributed by atoms with Crippen LogP contribution in [0.25, 0.3) is 0 Å². The Kier molecular flexibility index (Phi) is 5.19. The number of hydrogen-bond donors (Lipinski definition) is 2. The highest BCUT2D eigenvalue weighted by molar-refractivity contribution is 9.10. The molecule has 21 heavy (non-hydrogen) atoms. The van der Waals surface area contributed by atoms with Crippen molar-refractivity contribution in [3.05, 3.63) is 46.8 Å². The molecule has 4 nitrogen and oxygen atoms in total. The Morgan fingerprint density at radius 3 is 2.95 bits per heavy atom. The Hall–Kier alpha value is -1.60. The largest absolute Gasteiger partial charge is 0.399 e. The van der Waals surface area contributed by atoms with Gasteiger partial charge in [0.05, 0.1) is 10.9 Å². The molecular weight excluding hydrogens is 357 g/mol. The van der Waals surface area contributed by atoms with Crippen molar-refractivity contribution in [2.75, 3.05) is 11.1 Å². The van der Waals surface area contributed by atoms with Crippen molar-refractivity contribution in [1.29, 1.82) is 0 Å². The van der Waals surface area contributed by atoms with E-state index in [1.807, 2.05) is 6.07 Å². The highest BCUT2D eigenvalue weighted by atomic mass is 79.9. The molecule has 2 aromatic rings. The van der Waals surface area contributed by atoms with Gasteiger partial charge in [-0.2, -0.15) is 0 Å². The van der Waals surface area contributed by atoms with Gasteiger partial charge in [0.1, 0.15) is 10.8 Å². The van der Waals surface area contributed by atoms with Gasteiger partial charge in [0.15, 0.2) is 0 Å². The molecule has 1 atom stereocenters. The first-order valence-electron chi connectivity index (χ1n) is 6.10. The molecule has 2 rings (SSSR count). The van der Waals surface area contributed by atoms with E-state index in [-0.39, 0.29) is 11.6 Å². The first-order valence-corrected chi connectivity index (χ1v) is 7.77. The van der Waals surface area contributed by atoms with E-state index in [0.717, 1.165) is 4.47 Å². The molecule has 0 spiro atoms. The molecule has 0 saturated carbocycles. The van der Waals surface area contributed by atoms with Crippen LogP contribution in [-0.2, 0) is 4.79 Å².